The fourth-order valence-electron chi connectivity index (χ4n) is 2.36. The number of nitrogens with two attached hydrogens (primary N) is 1. The van der Waals surface area contributed by atoms with Gasteiger partial charge in [0.15, 0.2) is 5.78 Å². The predicted molar refractivity (Wildman–Crippen MR) is 86.0 cm³/mol. The minimum atomic E-state index is -0.101. The third-order valence-corrected chi connectivity index (χ3v) is 3.22. The van der Waals surface area contributed by atoms with Crippen LogP contribution in [-0.4, -0.2) is 11.9 Å². The summed E-state index contributed by atoms with van der Waals surface area (Å²) in [4.78, 5) is 12.8. The number of aryl methyl sites for hydroxylation is 2. The van der Waals surface area contributed by atoms with Crippen molar-refractivity contribution in [3.05, 3.63) is 58.7 Å². The SMILES string of the molecule is Cc1cc(C)c(OC(C)C)c(C(=O)c2ccccc2N)c1. The molecule has 0 unspecified atom stereocenters. The van der Waals surface area contributed by atoms with Crippen molar-refractivity contribution in [1.82, 2.24) is 0 Å². The molecule has 0 aliphatic heterocycles. The number of rotatable bonds is 4. The van der Waals surface area contributed by atoms with Crippen molar-refractivity contribution >= 4 is 11.5 Å². The molecule has 3 nitrogen and oxygen atoms in total. The number of benzene rings is 2. The summed E-state index contributed by atoms with van der Waals surface area (Å²) in [6.07, 6.45) is 0.00563. The lowest BCUT2D eigenvalue weighted by Crippen LogP contribution is -2.13. The van der Waals surface area contributed by atoms with Gasteiger partial charge in [-0.25, -0.2) is 0 Å². The van der Waals surface area contributed by atoms with E-state index in [-0.39, 0.29) is 11.9 Å². The number of ketones is 1. The number of carbonyl (C=O) groups excluding carboxylic acids is 1. The summed E-state index contributed by atoms with van der Waals surface area (Å²) in [5, 5.41) is 0. The first-order valence-electron chi connectivity index (χ1n) is 7.07. The highest BCUT2D eigenvalue weighted by Crippen LogP contribution is 2.29. The van der Waals surface area contributed by atoms with Crippen LogP contribution in [0.3, 0.4) is 0 Å². The van der Waals surface area contributed by atoms with Crippen LogP contribution in [-0.2, 0) is 0 Å². The van der Waals surface area contributed by atoms with Crippen molar-refractivity contribution in [2.24, 2.45) is 0 Å². The van der Waals surface area contributed by atoms with Gasteiger partial charge in [-0.3, -0.25) is 4.79 Å². The molecular formula is C18H21NO2. The molecule has 0 aliphatic rings. The van der Waals surface area contributed by atoms with E-state index < -0.39 is 0 Å². The first-order chi connectivity index (χ1) is 9.90. The Morgan fingerprint density at radius 3 is 2.38 bits per heavy atom. The smallest absolute Gasteiger partial charge is 0.198 e. The van der Waals surface area contributed by atoms with Crippen LogP contribution in [0.5, 0.6) is 5.75 Å². The van der Waals surface area contributed by atoms with E-state index in [1.807, 2.05) is 52.0 Å². The summed E-state index contributed by atoms with van der Waals surface area (Å²) in [5.41, 5.74) is 9.48. The van der Waals surface area contributed by atoms with Crippen molar-refractivity contribution in [1.29, 1.82) is 0 Å². The van der Waals surface area contributed by atoms with Crippen molar-refractivity contribution in [3.63, 3.8) is 0 Å². The lowest BCUT2D eigenvalue weighted by molar-refractivity contribution is 0.103. The van der Waals surface area contributed by atoms with E-state index in [0.717, 1.165) is 11.1 Å². The first-order valence-corrected chi connectivity index (χ1v) is 7.07. The zero-order valence-electron chi connectivity index (χ0n) is 12.9. The fraction of sp³-hybridized carbons (Fsp3) is 0.278. The summed E-state index contributed by atoms with van der Waals surface area (Å²) in [5.74, 6) is 0.541. The fourth-order valence-corrected chi connectivity index (χ4v) is 2.36. The summed E-state index contributed by atoms with van der Waals surface area (Å²) in [6.45, 7) is 7.82. The Hall–Kier alpha value is -2.29. The molecule has 2 rings (SSSR count). The quantitative estimate of drug-likeness (QED) is 0.684. The molecule has 2 aromatic rings. The molecule has 0 atom stereocenters. The van der Waals surface area contributed by atoms with Crippen molar-refractivity contribution in [3.8, 4) is 5.75 Å². The van der Waals surface area contributed by atoms with E-state index >= 15 is 0 Å². The molecule has 0 bridgehead atoms. The largest absolute Gasteiger partial charge is 0.490 e. The van der Waals surface area contributed by atoms with E-state index in [4.69, 9.17) is 10.5 Å². The van der Waals surface area contributed by atoms with Crippen molar-refractivity contribution in [2.45, 2.75) is 33.8 Å². The maximum atomic E-state index is 12.8. The highest BCUT2D eigenvalue weighted by molar-refractivity contribution is 6.13. The molecule has 21 heavy (non-hydrogen) atoms. The number of para-hydroxylation sites is 1. The Labute approximate surface area is 125 Å². The maximum Gasteiger partial charge on any atom is 0.198 e. The van der Waals surface area contributed by atoms with Gasteiger partial charge in [0.05, 0.1) is 11.7 Å². The minimum absolute atomic E-state index is 0.00563. The standard InChI is InChI=1S/C18H21NO2/c1-11(2)21-18-13(4)9-12(3)10-15(18)17(20)14-7-5-6-8-16(14)19/h5-11H,19H2,1-4H3. The van der Waals surface area contributed by atoms with Crippen LogP contribution in [0.25, 0.3) is 0 Å². The van der Waals surface area contributed by atoms with Gasteiger partial charge < -0.3 is 10.5 Å². The summed E-state index contributed by atoms with van der Waals surface area (Å²) in [6, 6.07) is 11.0. The molecule has 2 N–H and O–H groups in total. The Bertz CT molecular complexity index is 675. The molecule has 3 heteroatoms. The molecule has 110 valence electrons. The molecule has 0 spiro atoms. The van der Waals surface area contributed by atoms with Crippen LogP contribution in [0.15, 0.2) is 36.4 Å². The van der Waals surface area contributed by atoms with Gasteiger partial charge in [-0.2, -0.15) is 0 Å². The highest BCUT2D eigenvalue weighted by atomic mass is 16.5. The predicted octanol–water partition coefficient (Wildman–Crippen LogP) is 3.90. The second kappa shape index (κ2) is 6.00. The molecule has 0 saturated heterocycles. The Balaban J connectivity index is 2.57. The van der Waals surface area contributed by atoms with Crippen LogP contribution < -0.4 is 10.5 Å². The summed E-state index contributed by atoms with van der Waals surface area (Å²) < 4.78 is 5.85. The number of hydrogen-bond acceptors (Lipinski definition) is 3. The number of ether oxygens (including phenoxy) is 1. The minimum Gasteiger partial charge on any atom is -0.490 e. The van der Waals surface area contributed by atoms with E-state index in [2.05, 4.69) is 0 Å². The van der Waals surface area contributed by atoms with Crippen LogP contribution in [0.2, 0.25) is 0 Å². The van der Waals surface area contributed by atoms with Gasteiger partial charge in [0, 0.05) is 11.3 Å². The van der Waals surface area contributed by atoms with Crippen LogP contribution in [0.1, 0.15) is 40.9 Å². The Morgan fingerprint density at radius 2 is 1.76 bits per heavy atom. The Kier molecular flexibility index (Phi) is 4.32. The van der Waals surface area contributed by atoms with Crippen molar-refractivity contribution < 1.29 is 9.53 Å². The lowest BCUT2D eigenvalue weighted by Gasteiger charge is -2.17. The zero-order chi connectivity index (χ0) is 15.6. The van der Waals surface area contributed by atoms with Crippen molar-refractivity contribution in [2.75, 3.05) is 5.73 Å². The van der Waals surface area contributed by atoms with Crippen LogP contribution in [0.4, 0.5) is 5.69 Å². The van der Waals surface area contributed by atoms with Crippen LogP contribution in [0, 0.1) is 13.8 Å². The topological polar surface area (TPSA) is 52.3 Å². The molecule has 0 amide bonds. The molecular weight excluding hydrogens is 262 g/mol. The molecule has 0 heterocycles. The average Bonchev–Trinajstić information content (AvgIpc) is 2.41. The summed E-state index contributed by atoms with van der Waals surface area (Å²) in [7, 11) is 0. The number of hydrogen-bond donors (Lipinski definition) is 1. The first kappa shape index (κ1) is 15.1. The van der Waals surface area contributed by atoms with E-state index in [1.165, 1.54) is 0 Å². The molecule has 0 saturated carbocycles. The highest BCUT2D eigenvalue weighted by Gasteiger charge is 2.19. The summed E-state index contributed by atoms with van der Waals surface area (Å²) >= 11 is 0. The third-order valence-electron chi connectivity index (χ3n) is 3.22. The molecule has 2 aromatic carbocycles. The van der Waals surface area contributed by atoms with E-state index in [0.29, 0.717) is 22.6 Å². The monoisotopic (exact) mass is 283 g/mol. The van der Waals surface area contributed by atoms with Gasteiger partial charge in [0.2, 0.25) is 0 Å². The number of nitrogen functional groups attached to an aromatic ring is 1. The zero-order valence-corrected chi connectivity index (χ0v) is 12.9. The number of anilines is 1. The lowest BCUT2D eigenvalue weighted by atomic mass is 9.97. The van der Waals surface area contributed by atoms with E-state index in [1.54, 1.807) is 12.1 Å². The normalized spacial score (nSPS) is 10.7. The Morgan fingerprint density at radius 1 is 1.10 bits per heavy atom. The number of carbonyl (C=O) groups is 1. The van der Waals surface area contributed by atoms with Gasteiger partial charge in [-0.05, 0) is 57.0 Å². The van der Waals surface area contributed by atoms with Gasteiger partial charge in [0.25, 0.3) is 0 Å². The second-order valence-electron chi connectivity index (χ2n) is 5.54. The third kappa shape index (κ3) is 3.24. The van der Waals surface area contributed by atoms with Gasteiger partial charge in [-0.1, -0.05) is 18.2 Å². The van der Waals surface area contributed by atoms with Crippen LogP contribution >= 0.6 is 0 Å². The molecule has 0 fully saturated rings. The maximum absolute atomic E-state index is 12.8. The molecule has 0 radical (unpaired) electrons. The average molecular weight is 283 g/mol. The molecule has 0 aliphatic carbocycles. The molecule has 0 aromatic heterocycles. The van der Waals surface area contributed by atoms with Gasteiger partial charge >= 0.3 is 0 Å². The van der Waals surface area contributed by atoms with E-state index in [9.17, 15) is 4.79 Å². The second-order valence-corrected chi connectivity index (χ2v) is 5.54. The van der Waals surface area contributed by atoms with Gasteiger partial charge in [-0.15, -0.1) is 0 Å². The van der Waals surface area contributed by atoms with Gasteiger partial charge in [0.1, 0.15) is 5.75 Å².